The molecule has 7 nitrogen and oxygen atoms in total. The van der Waals surface area contributed by atoms with Gasteiger partial charge in [0.15, 0.2) is 0 Å². The number of amides is 1. The average molecular weight is 436 g/mol. The van der Waals surface area contributed by atoms with Crippen molar-refractivity contribution in [1.29, 1.82) is 0 Å². The van der Waals surface area contributed by atoms with E-state index in [9.17, 15) is 9.90 Å². The molecule has 1 aromatic heterocycles. The Hall–Kier alpha value is -2.64. The summed E-state index contributed by atoms with van der Waals surface area (Å²) < 4.78 is 0. The Labute approximate surface area is 189 Å². The van der Waals surface area contributed by atoms with Gasteiger partial charge in [-0.25, -0.2) is 10.4 Å². The van der Waals surface area contributed by atoms with Gasteiger partial charge in [0.25, 0.3) is 0 Å². The highest BCUT2D eigenvalue weighted by atomic mass is 16.3. The lowest BCUT2D eigenvalue weighted by Gasteiger charge is -2.33. The number of nitrogens with zero attached hydrogens (tertiary/aromatic N) is 2. The van der Waals surface area contributed by atoms with Gasteiger partial charge >= 0.3 is 0 Å². The minimum absolute atomic E-state index is 0.122. The minimum atomic E-state index is 0.122. The molecule has 1 saturated heterocycles. The molecular weight excluding hydrogens is 402 g/mol. The van der Waals surface area contributed by atoms with Gasteiger partial charge in [0.1, 0.15) is 11.6 Å². The second-order valence-corrected chi connectivity index (χ2v) is 9.42. The Morgan fingerprint density at radius 2 is 2.16 bits per heavy atom. The third-order valence-corrected chi connectivity index (χ3v) is 7.54. The maximum absolute atomic E-state index is 11.8. The predicted molar refractivity (Wildman–Crippen MR) is 124 cm³/mol. The van der Waals surface area contributed by atoms with E-state index in [0.717, 1.165) is 55.7 Å². The van der Waals surface area contributed by atoms with Crippen LogP contribution >= 0.6 is 0 Å². The number of carbonyl (C=O) groups excluding carboxylic acids is 1. The molecule has 7 heteroatoms. The molecular formula is C25H33N5O2. The van der Waals surface area contributed by atoms with Gasteiger partial charge in [-0.1, -0.05) is 19.1 Å². The molecule has 0 radical (unpaired) electrons. The second-order valence-electron chi connectivity index (χ2n) is 9.42. The van der Waals surface area contributed by atoms with Gasteiger partial charge in [0, 0.05) is 26.1 Å². The van der Waals surface area contributed by atoms with Crippen molar-refractivity contribution in [3.63, 3.8) is 0 Å². The van der Waals surface area contributed by atoms with Gasteiger partial charge in [-0.2, -0.15) is 0 Å². The number of nitrogens with one attached hydrogen (secondary N) is 3. The third kappa shape index (κ3) is 3.95. The van der Waals surface area contributed by atoms with Crippen LogP contribution in [0.15, 0.2) is 30.5 Å². The molecule has 32 heavy (non-hydrogen) atoms. The lowest BCUT2D eigenvalue weighted by molar-refractivity contribution is -0.128. The zero-order valence-electron chi connectivity index (χ0n) is 18.9. The molecule has 2 aromatic rings. The van der Waals surface area contributed by atoms with Crippen molar-refractivity contribution in [1.82, 2.24) is 25.7 Å². The van der Waals surface area contributed by atoms with Crippen molar-refractivity contribution < 1.29 is 9.90 Å². The van der Waals surface area contributed by atoms with Crippen LogP contribution in [0.25, 0.3) is 5.57 Å². The van der Waals surface area contributed by atoms with E-state index in [-0.39, 0.29) is 11.9 Å². The van der Waals surface area contributed by atoms with E-state index in [2.05, 4.69) is 34.9 Å². The summed E-state index contributed by atoms with van der Waals surface area (Å²) in [5.74, 6) is 2.45. The van der Waals surface area contributed by atoms with Gasteiger partial charge in [-0.3, -0.25) is 10.2 Å². The molecule has 0 bridgehead atoms. The van der Waals surface area contributed by atoms with E-state index >= 15 is 0 Å². The van der Waals surface area contributed by atoms with Crippen LogP contribution in [0.2, 0.25) is 0 Å². The van der Waals surface area contributed by atoms with Crippen molar-refractivity contribution >= 4 is 11.5 Å². The Kier molecular flexibility index (Phi) is 5.78. The number of fused-ring (bicyclic) bond motifs is 1. The quantitative estimate of drug-likeness (QED) is 0.591. The van der Waals surface area contributed by atoms with Crippen LogP contribution < -0.4 is 10.9 Å². The van der Waals surface area contributed by atoms with Crippen molar-refractivity contribution in [2.75, 3.05) is 13.1 Å². The molecule has 170 valence electrons. The van der Waals surface area contributed by atoms with Gasteiger partial charge in [0.05, 0.1) is 17.9 Å². The number of aromatic nitrogens is 2. The van der Waals surface area contributed by atoms with Crippen LogP contribution in [-0.2, 0) is 11.2 Å². The Balaban J connectivity index is 1.28. The van der Waals surface area contributed by atoms with Crippen LogP contribution in [0.1, 0.15) is 74.1 Å². The SMILES string of the molecule is CCc1cc(O)ccc1C1CCC2C(C1)NNC2c1ncc(C2=CCCN(C(C)=O)C2)[nH]1. The summed E-state index contributed by atoms with van der Waals surface area (Å²) in [6.07, 6.45) is 9.30. The lowest BCUT2D eigenvalue weighted by atomic mass is 9.73. The fourth-order valence-electron chi connectivity index (χ4n) is 5.78. The summed E-state index contributed by atoms with van der Waals surface area (Å²) >= 11 is 0. The molecule has 1 aromatic carbocycles. The topological polar surface area (TPSA) is 93.3 Å². The van der Waals surface area contributed by atoms with Crippen molar-refractivity contribution in [2.45, 2.75) is 64.0 Å². The first-order valence-electron chi connectivity index (χ1n) is 11.9. The number of carbonyl (C=O) groups is 1. The van der Waals surface area contributed by atoms with Crippen molar-refractivity contribution in [3.8, 4) is 5.75 Å². The molecule has 4 unspecified atom stereocenters. The number of hydrogen-bond donors (Lipinski definition) is 4. The van der Waals surface area contributed by atoms with E-state index in [1.807, 2.05) is 23.2 Å². The fourth-order valence-corrected chi connectivity index (χ4v) is 5.78. The highest BCUT2D eigenvalue weighted by molar-refractivity contribution is 5.77. The van der Waals surface area contributed by atoms with E-state index in [1.54, 1.807) is 6.92 Å². The van der Waals surface area contributed by atoms with E-state index in [0.29, 0.717) is 30.2 Å². The monoisotopic (exact) mass is 435 g/mol. The predicted octanol–water partition coefficient (Wildman–Crippen LogP) is 3.41. The third-order valence-electron chi connectivity index (χ3n) is 7.54. The second kappa shape index (κ2) is 8.71. The van der Waals surface area contributed by atoms with Gasteiger partial charge in [-0.05, 0) is 72.8 Å². The normalized spacial score (nSPS) is 27.8. The van der Waals surface area contributed by atoms with Crippen molar-refractivity contribution in [3.05, 3.63) is 53.1 Å². The first-order valence-corrected chi connectivity index (χ1v) is 11.9. The van der Waals surface area contributed by atoms with Crippen LogP contribution in [0.4, 0.5) is 0 Å². The fraction of sp³-hybridized carbons (Fsp3) is 0.520. The van der Waals surface area contributed by atoms with E-state index in [1.165, 1.54) is 11.1 Å². The van der Waals surface area contributed by atoms with E-state index < -0.39 is 0 Å². The number of phenols is 1. The van der Waals surface area contributed by atoms with Crippen LogP contribution in [0.5, 0.6) is 5.75 Å². The zero-order valence-corrected chi connectivity index (χ0v) is 18.9. The van der Waals surface area contributed by atoms with Crippen LogP contribution in [-0.4, -0.2) is 45.0 Å². The summed E-state index contributed by atoms with van der Waals surface area (Å²) in [5, 5.41) is 9.86. The minimum Gasteiger partial charge on any atom is -0.508 e. The number of aromatic hydroxyl groups is 1. The number of rotatable bonds is 4. The number of hydrazine groups is 1. The van der Waals surface area contributed by atoms with Gasteiger partial charge in [-0.15, -0.1) is 0 Å². The number of imidazole rings is 1. The molecule has 2 fully saturated rings. The molecule has 1 saturated carbocycles. The Morgan fingerprint density at radius 1 is 1.28 bits per heavy atom. The van der Waals surface area contributed by atoms with E-state index in [4.69, 9.17) is 4.98 Å². The lowest BCUT2D eigenvalue weighted by Crippen LogP contribution is -2.35. The first-order chi connectivity index (χ1) is 15.5. The molecule has 3 heterocycles. The summed E-state index contributed by atoms with van der Waals surface area (Å²) in [6.45, 7) is 5.22. The van der Waals surface area contributed by atoms with Gasteiger partial charge in [0.2, 0.25) is 5.91 Å². The maximum Gasteiger partial charge on any atom is 0.219 e. The number of H-pyrrole nitrogens is 1. The first kappa shape index (κ1) is 21.2. The number of phenolic OH excluding ortho intramolecular Hbond substituents is 1. The molecule has 4 N–H and O–H groups in total. The number of benzene rings is 1. The molecule has 1 amide bonds. The van der Waals surface area contributed by atoms with Crippen LogP contribution in [0, 0.1) is 5.92 Å². The molecule has 4 atom stereocenters. The maximum atomic E-state index is 11.8. The molecule has 5 rings (SSSR count). The summed E-state index contributed by atoms with van der Waals surface area (Å²) in [4.78, 5) is 21.9. The molecule has 1 aliphatic carbocycles. The molecule has 2 aliphatic heterocycles. The summed E-state index contributed by atoms with van der Waals surface area (Å²) in [7, 11) is 0. The number of hydrogen-bond acceptors (Lipinski definition) is 5. The zero-order chi connectivity index (χ0) is 22.2. The smallest absolute Gasteiger partial charge is 0.219 e. The Bertz CT molecular complexity index is 1030. The number of aryl methyl sites for hydroxylation is 1. The van der Waals surface area contributed by atoms with Crippen molar-refractivity contribution in [2.24, 2.45) is 5.92 Å². The molecule has 3 aliphatic rings. The highest BCUT2D eigenvalue weighted by Gasteiger charge is 2.42. The Morgan fingerprint density at radius 3 is 2.97 bits per heavy atom. The number of aromatic amines is 1. The summed E-state index contributed by atoms with van der Waals surface area (Å²) in [6, 6.07) is 6.41. The molecule has 0 spiro atoms. The summed E-state index contributed by atoms with van der Waals surface area (Å²) in [5.41, 5.74) is 11.8. The standard InChI is InChI=1S/C25H33N5O2/c1-3-16-11-19(32)7-9-20(16)17-6-8-21-22(12-17)28-29-24(21)25-26-13-23(27-25)18-5-4-10-30(14-18)15(2)31/h5,7,9,11,13,17,21-22,24,28-29,32H,3-4,6,8,10,12,14H2,1-2H3,(H,26,27). The van der Waals surface area contributed by atoms with Crippen LogP contribution in [0.3, 0.4) is 0 Å². The average Bonchev–Trinajstić information content (AvgIpc) is 3.45. The highest BCUT2D eigenvalue weighted by Crippen LogP contribution is 2.44. The van der Waals surface area contributed by atoms with Gasteiger partial charge < -0.3 is 15.0 Å². The largest absolute Gasteiger partial charge is 0.508 e.